The Labute approximate surface area is 160 Å². The maximum Gasteiger partial charge on any atom is 0.259 e. The van der Waals surface area contributed by atoms with Crippen LogP contribution in [0.3, 0.4) is 0 Å². The van der Waals surface area contributed by atoms with Crippen molar-refractivity contribution in [1.82, 2.24) is 4.90 Å². The predicted octanol–water partition coefficient (Wildman–Crippen LogP) is 4.21. The van der Waals surface area contributed by atoms with Crippen LogP contribution in [0.2, 0.25) is 0 Å². The van der Waals surface area contributed by atoms with Crippen molar-refractivity contribution in [2.75, 3.05) is 25.0 Å². The molecular formula is C22H26N2O3. The lowest BCUT2D eigenvalue weighted by Crippen LogP contribution is -2.28. The molecule has 0 unspecified atom stereocenters. The average Bonchev–Trinajstić information content (AvgIpc) is 3.21. The van der Waals surface area contributed by atoms with Gasteiger partial charge in [0.1, 0.15) is 5.75 Å². The summed E-state index contributed by atoms with van der Waals surface area (Å²) in [6.07, 6.45) is 2.06. The van der Waals surface area contributed by atoms with Crippen molar-refractivity contribution in [3.8, 4) is 5.75 Å². The number of amides is 2. The number of carbonyl (C=O) groups is 2. The van der Waals surface area contributed by atoms with E-state index in [1.54, 1.807) is 30.3 Å². The van der Waals surface area contributed by atoms with Gasteiger partial charge in [0.05, 0.1) is 23.4 Å². The Kier molecular flexibility index (Phi) is 6.12. The highest BCUT2D eigenvalue weighted by atomic mass is 16.5. The first-order chi connectivity index (χ1) is 13.1. The van der Waals surface area contributed by atoms with Gasteiger partial charge in [0.2, 0.25) is 0 Å². The Hall–Kier alpha value is -2.82. The molecule has 0 bridgehead atoms. The van der Waals surface area contributed by atoms with Gasteiger partial charge in [0.25, 0.3) is 11.8 Å². The highest BCUT2D eigenvalue weighted by Crippen LogP contribution is 2.24. The van der Waals surface area contributed by atoms with Crippen LogP contribution in [-0.4, -0.2) is 36.4 Å². The first-order valence-corrected chi connectivity index (χ1v) is 9.47. The van der Waals surface area contributed by atoms with Crippen LogP contribution in [0.1, 0.15) is 47.4 Å². The zero-order valence-corrected chi connectivity index (χ0v) is 15.9. The van der Waals surface area contributed by atoms with E-state index in [1.165, 1.54) is 0 Å². The molecular weight excluding hydrogens is 340 g/mol. The highest BCUT2D eigenvalue weighted by Gasteiger charge is 2.23. The van der Waals surface area contributed by atoms with Gasteiger partial charge in [0, 0.05) is 13.1 Å². The molecule has 2 amide bonds. The molecule has 1 saturated heterocycles. The summed E-state index contributed by atoms with van der Waals surface area (Å²) in [6.45, 7) is 6.19. The second-order valence-corrected chi connectivity index (χ2v) is 7.20. The minimum absolute atomic E-state index is 0.0345. The molecule has 5 nitrogen and oxygen atoms in total. The standard InChI is InChI=1S/C22H26N2O3/c1-16(2)15-27-20-12-6-4-10-18(20)21(25)23-19-11-5-3-9-17(19)22(26)24-13-7-8-14-24/h3-6,9-12,16H,7-8,13-15H2,1-2H3,(H,23,25). The van der Waals surface area contributed by atoms with E-state index in [-0.39, 0.29) is 11.8 Å². The van der Waals surface area contributed by atoms with E-state index in [1.807, 2.05) is 23.1 Å². The van der Waals surface area contributed by atoms with Gasteiger partial charge in [-0.2, -0.15) is 0 Å². The number of hydrogen-bond donors (Lipinski definition) is 1. The third kappa shape index (κ3) is 4.67. The normalized spacial score (nSPS) is 13.7. The average molecular weight is 366 g/mol. The summed E-state index contributed by atoms with van der Waals surface area (Å²) in [6, 6.07) is 14.3. The first kappa shape index (κ1) is 19.0. The molecule has 1 aliphatic heterocycles. The molecule has 2 aromatic rings. The Morgan fingerprint density at radius 3 is 2.33 bits per heavy atom. The summed E-state index contributed by atoms with van der Waals surface area (Å²) in [7, 11) is 0. The molecule has 0 saturated carbocycles. The lowest BCUT2D eigenvalue weighted by atomic mass is 10.1. The first-order valence-electron chi connectivity index (χ1n) is 9.47. The number of rotatable bonds is 6. The summed E-state index contributed by atoms with van der Waals surface area (Å²) >= 11 is 0. The van der Waals surface area contributed by atoms with Crippen LogP contribution < -0.4 is 10.1 Å². The van der Waals surface area contributed by atoms with Crippen molar-refractivity contribution >= 4 is 17.5 Å². The van der Waals surface area contributed by atoms with E-state index in [0.29, 0.717) is 35.1 Å². The van der Waals surface area contributed by atoms with Crippen molar-refractivity contribution in [3.05, 3.63) is 59.7 Å². The van der Waals surface area contributed by atoms with Gasteiger partial charge in [-0.05, 0) is 43.0 Å². The quantitative estimate of drug-likeness (QED) is 0.833. The van der Waals surface area contributed by atoms with Gasteiger partial charge >= 0.3 is 0 Å². The Morgan fingerprint density at radius 1 is 1.00 bits per heavy atom. The third-order valence-electron chi connectivity index (χ3n) is 4.50. The fourth-order valence-electron chi connectivity index (χ4n) is 3.10. The summed E-state index contributed by atoms with van der Waals surface area (Å²) in [5.74, 6) is 0.593. The molecule has 1 heterocycles. The van der Waals surface area contributed by atoms with E-state index in [2.05, 4.69) is 19.2 Å². The zero-order valence-electron chi connectivity index (χ0n) is 15.9. The monoisotopic (exact) mass is 366 g/mol. The number of carbonyl (C=O) groups excluding carboxylic acids is 2. The van der Waals surface area contributed by atoms with Crippen LogP contribution in [0, 0.1) is 5.92 Å². The van der Waals surface area contributed by atoms with E-state index >= 15 is 0 Å². The second kappa shape index (κ2) is 8.71. The largest absolute Gasteiger partial charge is 0.492 e. The second-order valence-electron chi connectivity index (χ2n) is 7.20. The Morgan fingerprint density at radius 2 is 1.63 bits per heavy atom. The molecule has 0 spiro atoms. The molecule has 27 heavy (non-hydrogen) atoms. The molecule has 142 valence electrons. The maximum atomic E-state index is 12.9. The van der Waals surface area contributed by atoms with Crippen molar-refractivity contribution in [2.24, 2.45) is 5.92 Å². The van der Waals surface area contributed by atoms with E-state index < -0.39 is 0 Å². The number of nitrogens with one attached hydrogen (secondary N) is 1. The number of hydrogen-bond acceptors (Lipinski definition) is 3. The molecule has 3 rings (SSSR count). The lowest BCUT2D eigenvalue weighted by Gasteiger charge is -2.18. The van der Waals surface area contributed by atoms with Crippen LogP contribution in [0.5, 0.6) is 5.75 Å². The third-order valence-corrected chi connectivity index (χ3v) is 4.50. The minimum atomic E-state index is -0.281. The minimum Gasteiger partial charge on any atom is -0.492 e. The van der Waals surface area contributed by atoms with Crippen molar-refractivity contribution in [1.29, 1.82) is 0 Å². The topological polar surface area (TPSA) is 58.6 Å². The van der Waals surface area contributed by atoms with Gasteiger partial charge in [-0.3, -0.25) is 9.59 Å². The number of ether oxygens (including phenoxy) is 1. The maximum absolute atomic E-state index is 12.9. The van der Waals surface area contributed by atoms with Crippen molar-refractivity contribution < 1.29 is 14.3 Å². The van der Waals surface area contributed by atoms with Crippen LogP contribution in [0.25, 0.3) is 0 Å². The number of para-hydroxylation sites is 2. The van der Waals surface area contributed by atoms with Gasteiger partial charge < -0.3 is 15.0 Å². The summed E-state index contributed by atoms with van der Waals surface area (Å²) < 4.78 is 5.78. The summed E-state index contributed by atoms with van der Waals surface area (Å²) in [5.41, 5.74) is 1.51. The van der Waals surface area contributed by atoms with Gasteiger partial charge in [-0.1, -0.05) is 38.1 Å². The van der Waals surface area contributed by atoms with E-state index in [4.69, 9.17) is 4.74 Å². The molecule has 1 N–H and O–H groups in total. The molecule has 2 aromatic carbocycles. The fraction of sp³-hybridized carbons (Fsp3) is 0.364. The van der Waals surface area contributed by atoms with Gasteiger partial charge in [-0.15, -0.1) is 0 Å². The fourth-order valence-corrected chi connectivity index (χ4v) is 3.10. The molecule has 0 aliphatic carbocycles. The Bertz CT molecular complexity index is 811. The predicted molar refractivity (Wildman–Crippen MR) is 106 cm³/mol. The summed E-state index contributed by atoms with van der Waals surface area (Å²) in [4.78, 5) is 27.5. The highest BCUT2D eigenvalue weighted by molar-refractivity contribution is 6.10. The SMILES string of the molecule is CC(C)COc1ccccc1C(=O)Nc1ccccc1C(=O)N1CCCC1. The van der Waals surface area contributed by atoms with Crippen LogP contribution in [0.15, 0.2) is 48.5 Å². The molecule has 1 fully saturated rings. The Balaban J connectivity index is 1.80. The number of benzene rings is 2. The number of likely N-dealkylation sites (tertiary alicyclic amines) is 1. The number of nitrogens with zero attached hydrogens (tertiary/aromatic N) is 1. The molecule has 0 radical (unpaired) electrons. The van der Waals surface area contributed by atoms with E-state index in [9.17, 15) is 9.59 Å². The van der Waals surface area contributed by atoms with Crippen LogP contribution >= 0.6 is 0 Å². The number of anilines is 1. The molecule has 0 aromatic heterocycles. The molecule has 0 atom stereocenters. The van der Waals surface area contributed by atoms with Gasteiger partial charge in [0.15, 0.2) is 0 Å². The van der Waals surface area contributed by atoms with Crippen molar-refractivity contribution in [3.63, 3.8) is 0 Å². The smallest absolute Gasteiger partial charge is 0.259 e. The molecule has 1 aliphatic rings. The zero-order chi connectivity index (χ0) is 19.2. The van der Waals surface area contributed by atoms with Crippen molar-refractivity contribution in [2.45, 2.75) is 26.7 Å². The van der Waals surface area contributed by atoms with Crippen LogP contribution in [-0.2, 0) is 0 Å². The summed E-state index contributed by atoms with van der Waals surface area (Å²) in [5, 5.41) is 2.89. The molecule has 5 heteroatoms. The lowest BCUT2D eigenvalue weighted by molar-refractivity contribution is 0.0794. The van der Waals surface area contributed by atoms with Gasteiger partial charge in [-0.25, -0.2) is 0 Å². The van der Waals surface area contributed by atoms with Crippen LogP contribution in [0.4, 0.5) is 5.69 Å². The van der Waals surface area contributed by atoms with E-state index in [0.717, 1.165) is 25.9 Å².